The van der Waals surface area contributed by atoms with Gasteiger partial charge in [0.15, 0.2) is 23.0 Å². The summed E-state index contributed by atoms with van der Waals surface area (Å²) in [6, 6.07) is 2.96. The molecule has 1 fully saturated rings. The van der Waals surface area contributed by atoms with Crippen LogP contribution >= 0.6 is 0 Å². The summed E-state index contributed by atoms with van der Waals surface area (Å²) in [5, 5.41) is 4.86. The maximum absolute atomic E-state index is 13.4. The molecule has 2 aliphatic rings. The number of anilines is 1. The number of piperidine rings is 1. The zero-order valence-corrected chi connectivity index (χ0v) is 14.7. The third kappa shape index (κ3) is 2.86. The van der Waals surface area contributed by atoms with Crippen molar-refractivity contribution in [3.8, 4) is 11.5 Å². The van der Waals surface area contributed by atoms with Crippen LogP contribution in [0.4, 0.5) is 19.1 Å². The molecule has 11 heteroatoms. The molecule has 148 valence electrons. The maximum Gasteiger partial charge on any atom is 0.586 e. The first-order valence-electron chi connectivity index (χ1n) is 9.00. The first-order valence-corrected chi connectivity index (χ1v) is 9.00. The number of nitrogens with zero attached hydrogens (tertiary/aromatic N) is 5. The average Bonchev–Trinajstić information content (AvgIpc) is 3.21. The Morgan fingerprint density at radius 2 is 1.96 bits per heavy atom. The minimum atomic E-state index is -3.74. The fourth-order valence-electron chi connectivity index (χ4n) is 3.63. The van der Waals surface area contributed by atoms with Crippen LogP contribution in [0.3, 0.4) is 0 Å². The number of ether oxygens (including phenoxy) is 2. The van der Waals surface area contributed by atoms with Gasteiger partial charge in [-0.25, -0.2) is 14.4 Å². The maximum atomic E-state index is 13.4. The lowest BCUT2D eigenvalue weighted by Gasteiger charge is -2.27. The number of hydrogen-bond donors (Lipinski definition) is 1. The van der Waals surface area contributed by atoms with Crippen molar-refractivity contribution in [3.63, 3.8) is 0 Å². The quantitative estimate of drug-likeness (QED) is 0.728. The predicted molar refractivity (Wildman–Crippen MR) is 93.2 cm³/mol. The Bertz CT molecular complexity index is 1060. The molecule has 2 N–H and O–H groups in total. The first-order chi connectivity index (χ1) is 13.4. The highest BCUT2D eigenvalue weighted by Gasteiger charge is 2.44. The van der Waals surface area contributed by atoms with Crippen LogP contribution in [-0.2, 0) is 6.42 Å². The van der Waals surface area contributed by atoms with Crippen molar-refractivity contribution in [2.75, 3.05) is 25.4 Å². The van der Waals surface area contributed by atoms with Crippen LogP contribution in [0.25, 0.3) is 16.6 Å². The second kappa shape index (κ2) is 6.09. The summed E-state index contributed by atoms with van der Waals surface area (Å²) in [4.78, 5) is 10.8. The molecule has 0 amide bonds. The van der Waals surface area contributed by atoms with E-state index in [1.807, 2.05) is 0 Å². The standard InChI is InChI=1S/C17H17F3N6O2/c18-9-3-6-25(7-4-9)8-5-12-22-15-10-1-2-11-14(28-17(19,20)27-11)13(10)23-16(21)26(15)24-12/h1-2,9H,3-8H2,(H2,21,23). The molecule has 0 saturated carbocycles. The van der Waals surface area contributed by atoms with Crippen molar-refractivity contribution >= 4 is 22.5 Å². The van der Waals surface area contributed by atoms with Gasteiger partial charge in [-0.15, -0.1) is 13.9 Å². The molecule has 4 heterocycles. The highest BCUT2D eigenvalue weighted by molar-refractivity contribution is 5.97. The lowest BCUT2D eigenvalue weighted by molar-refractivity contribution is -0.286. The van der Waals surface area contributed by atoms with Gasteiger partial charge in [0.05, 0.1) is 0 Å². The number of nitrogen functional groups attached to an aromatic ring is 1. The molecule has 0 spiro atoms. The number of hydrogen-bond acceptors (Lipinski definition) is 7. The second-order valence-electron chi connectivity index (χ2n) is 6.96. The molecule has 2 aliphatic heterocycles. The smallest absolute Gasteiger partial charge is 0.395 e. The van der Waals surface area contributed by atoms with Gasteiger partial charge in [-0.3, -0.25) is 0 Å². The predicted octanol–water partition coefficient (Wildman–Crippen LogP) is 2.16. The van der Waals surface area contributed by atoms with Crippen LogP contribution in [-0.4, -0.2) is 56.6 Å². The molecule has 2 aromatic heterocycles. The van der Waals surface area contributed by atoms with Crippen molar-refractivity contribution in [3.05, 3.63) is 18.0 Å². The Kier molecular flexibility index (Phi) is 3.76. The molecule has 28 heavy (non-hydrogen) atoms. The van der Waals surface area contributed by atoms with Crippen molar-refractivity contribution < 1.29 is 22.6 Å². The lowest BCUT2D eigenvalue weighted by Crippen LogP contribution is -2.35. The van der Waals surface area contributed by atoms with E-state index in [4.69, 9.17) is 5.73 Å². The normalized spacial score (nSPS) is 19.7. The number of fused-ring (bicyclic) bond motifs is 5. The molecule has 0 bridgehead atoms. The Hall–Kier alpha value is -2.82. The number of nitrogens with two attached hydrogens (primary N) is 1. The van der Waals surface area contributed by atoms with Crippen LogP contribution in [0.2, 0.25) is 0 Å². The molecule has 0 radical (unpaired) electrons. The first kappa shape index (κ1) is 17.3. The van der Waals surface area contributed by atoms with E-state index < -0.39 is 12.5 Å². The molecule has 3 aromatic rings. The van der Waals surface area contributed by atoms with E-state index in [0.717, 1.165) is 0 Å². The highest BCUT2D eigenvalue weighted by atomic mass is 19.3. The van der Waals surface area contributed by atoms with Crippen LogP contribution < -0.4 is 15.2 Å². The monoisotopic (exact) mass is 394 g/mol. The lowest BCUT2D eigenvalue weighted by atomic mass is 10.1. The fraction of sp³-hybridized carbons (Fsp3) is 0.471. The van der Waals surface area contributed by atoms with Gasteiger partial charge < -0.3 is 20.1 Å². The van der Waals surface area contributed by atoms with Crippen molar-refractivity contribution in [1.82, 2.24) is 24.5 Å². The van der Waals surface area contributed by atoms with Gasteiger partial charge in [-0.2, -0.15) is 4.52 Å². The van der Waals surface area contributed by atoms with E-state index in [-0.39, 0.29) is 23.0 Å². The van der Waals surface area contributed by atoms with Gasteiger partial charge in [-0.1, -0.05) is 0 Å². The van der Waals surface area contributed by atoms with Gasteiger partial charge in [-0.05, 0) is 25.0 Å². The zero-order valence-electron chi connectivity index (χ0n) is 14.7. The zero-order chi connectivity index (χ0) is 19.5. The number of halogens is 3. The van der Waals surface area contributed by atoms with Crippen molar-refractivity contribution in [1.29, 1.82) is 0 Å². The van der Waals surface area contributed by atoms with E-state index in [2.05, 4.69) is 29.4 Å². The molecule has 1 aromatic carbocycles. The minimum Gasteiger partial charge on any atom is -0.395 e. The van der Waals surface area contributed by atoms with Gasteiger partial charge in [0, 0.05) is 31.4 Å². The molecule has 1 saturated heterocycles. The van der Waals surface area contributed by atoms with Crippen LogP contribution in [0.15, 0.2) is 12.1 Å². The third-order valence-corrected chi connectivity index (χ3v) is 5.05. The summed E-state index contributed by atoms with van der Waals surface area (Å²) < 4.78 is 50.5. The molecule has 8 nitrogen and oxygen atoms in total. The fourth-order valence-corrected chi connectivity index (χ4v) is 3.63. The molecule has 5 rings (SSSR count). The summed E-state index contributed by atoms with van der Waals surface area (Å²) >= 11 is 0. The summed E-state index contributed by atoms with van der Waals surface area (Å²) in [7, 11) is 0. The van der Waals surface area contributed by atoms with E-state index in [9.17, 15) is 13.2 Å². The number of likely N-dealkylation sites (tertiary alicyclic amines) is 1. The summed E-state index contributed by atoms with van der Waals surface area (Å²) in [6.07, 6.45) is -2.83. The summed E-state index contributed by atoms with van der Waals surface area (Å²) in [6.45, 7) is 2.12. The Morgan fingerprint density at radius 1 is 1.18 bits per heavy atom. The Balaban J connectivity index is 1.48. The number of alkyl halides is 3. The molecular formula is C17H17F3N6O2. The van der Waals surface area contributed by atoms with E-state index in [1.54, 1.807) is 6.07 Å². The minimum absolute atomic E-state index is 0.00621. The van der Waals surface area contributed by atoms with E-state index >= 15 is 0 Å². The molecule has 0 aliphatic carbocycles. The Morgan fingerprint density at radius 3 is 2.75 bits per heavy atom. The van der Waals surface area contributed by atoms with Crippen LogP contribution in [0.1, 0.15) is 18.7 Å². The van der Waals surface area contributed by atoms with Crippen LogP contribution in [0.5, 0.6) is 11.5 Å². The van der Waals surface area contributed by atoms with Crippen molar-refractivity contribution in [2.24, 2.45) is 0 Å². The number of aromatic nitrogens is 4. The van der Waals surface area contributed by atoms with Gasteiger partial charge in [0.2, 0.25) is 5.95 Å². The number of benzene rings is 1. The van der Waals surface area contributed by atoms with Gasteiger partial charge >= 0.3 is 6.29 Å². The SMILES string of the molecule is Nc1nc2c3c(ccc2c2nc(CCN4CCC(F)CC4)nn12)OC(F)(F)O3. The summed E-state index contributed by atoms with van der Waals surface area (Å²) in [5.41, 5.74) is 6.51. The van der Waals surface area contributed by atoms with Gasteiger partial charge in [0.1, 0.15) is 11.7 Å². The largest absolute Gasteiger partial charge is 0.586 e. The van der Waals surface area contributed by atoms with Crippen molar-refractivity contribution in [2.45, 2.75) is 31.7 Å². The second-order valence-corrected chi connectivity index (χ2v) is 6.96. The molecule has 0 unspecified atom stereocenters. The Labute approximate surface area is 157 Å². The summed E-state index contributed by atoms with van der Waals surface area (Å²) in [5.74, 6) is 0.276. The number of rotatable bonds is 3. The highest BCUT2D eigenvalue weighted by Crippen LogP contribution is 2.45. The van der Waals surface area contributed by atoms with E-state index in [0.29, 0.717) is 55.8 Å². The molecular weight excluding hydrogens is 377 g/mol. The molecule has 0 atom stereocenters. The van der Waals surface area contributed by atoms with E-state index in [1.165, 1.54) is 10.6 Å². The average molecular weight is 394 g/mol. The topological polar surface area (TPSA) is 90.8 Å². The van der Waals surface area contributed by atoms with Gasteiger partial charge in [0.25, 0.3) is 0 Å². The van der Waals surface area contributed by atoms with Crippen LogP contribution in [0, 0.1) is 0 Å². The third-order valence-electron chi connectivity index (χ3n) is 5.05.